The molecule has 130 valence electrons. The van der Waals surface area contributed by atoms with E-state index in [0.717, 1.165) is 41.5 Å². The van der Waals surface area contributed by atoms with Crippen molar-refractivity contribution in [3.05, 3.63) is 29.8 Å². The molecule has 0 aliphatic carbocycles. The maximum absolute atomic E-state index is 10.2. The number of aromatic nitrogens is 2. The molecule has 3 rings (SSSR count). The van der Waals surface area contributed by atoms with E-state index >= 15 is 0 Å². The molecule has 0 unspecified atom stereocenters. The normalized spacial score (nSPS) is 16.9. The number of morpholine rings is 1. The summed E-state index contributed by atoms with van der Waals surface area (Å²) in [7, 11) is 0. The van der Waals surface area contributed by atoms with Crippen molar-refractivity contribution in [2.75, 3.05) is 43.9 Å². The highest BCUT2D eigenvalue weighted by Gasteiger charge is 2.16. The molecule has 6 nitrogen and oxygen atoms in total. The van der Waals surface area contributed by atoms with Gasteiger partial charge in [-0.2, -0.15) is 0 Å². The SMILES string of the molecule is Cc1ccc(Nc2nnc(SC[C@@H](O)CN3CCOCC3)s2)cc1. The van der Waals surface area contributed by atoms with Gasteiger partial charge >= 0.3 is 0 Å². The van der Waals surface area contributed by atoms with Crippen LogP contribution in [0.2, 0.25) is 0 Å². The van der Waals surface area contributed by atoms with Gasteiger partial charge in [-0.05, 0) is 19.1 Å². The highest BCUT2D eigenvalue weighted by atomic mass is 32.2. The van der Waals surface area contributed by atoms with Crippen molar-refractivity contribution in [1.29, 1.82) is 0 Å². The fourth-order valence-corrected chi connectivity index (χ4v) is 4.09. The molecule has 0 bridgehead atoms. The Kier molecular flexibility index (Phi) is 6.44. The molecule has 2 N–H and O–H groups in total. The molecular formula is C16H22N4O2S2. The zero-order valence-corrected chi connectivity index (χ0v) is 15.3. The number of aryl methyl sites for hydroxylation is 1. The Hall–Kier alpha value is -1.19. The number of nitrogens with zero attached hydrogens (tertiary/aromatic N) is 3. The number of hydrogen-bond donors (Lipinski definition) is 2. The van der Waals surface area contributed by atoms with Gasteiger partial charge in [-0.15, -0.1) is 10.2 Å². The summed E-state index contributed by atoms with van der Waals surface area (Å²) in [5.74, 6) is 0.622. The second kappa shape index (κ2) is 8.77. The molecule has 1 aromatic heterocycles. The first kappa shape index (κ1) is 17.6. The average molecular weight is 367 g/mol. The Morgan fingerprint density at radius 1 is 1.29 bits per heavy atom. The van der Waals surface area contributed by atoms with Gasteiger partial charge in [0.1, 0.15) is 0 Å². The van der Waals surface area contributed by atoms with Gasteiger partial charge < -0.3 is 15.2 Å². The lowest BCUT2D eigenvalue weighted by atomic mass is 10.2. The van der Waals surface area contributed by atoms with Gasteiger partial charge in [-0.3, -0.25) is 4.90 Å². The molecule has 24 heavy (non-hydrogen) atoms. The van der Waals surface area contributed by atoms with Crippen molar-refractivity contribution in [2.24, 2.45) is 0 Å². The summed E-state index contributed by atoms with van der Waals surface area (Å²) < 4.78 is 6.18. The van der Waals surface area contributed by atoms with E-state index in [-0.39, 0.29) is 6.10 Å². The number of hydrogen-bond acceptors (Lipinski definition) is 8. The molecule has 2 heterocycles. The fraction of sp³-hybridized carbons (Fsp3) is 0.500. The molecule has 0 radical (unpaired) electrons. The first-order valence-corrected chi connectivity index (χ1v) is 9.77. The van der Waals surface area contributed by atoms with E-state index in [1.807, 2.05) is 12.1 Å². The monoisotopic (exact) mass is 366 g/mol. The van der Waals surface area contributed by atoms with Gasteiger partial charge in [0.15, 0.2) is 4.34 Å². The molecule has 8 heteroatoms. The predicted molar refractivity (Wildman–Crippen MR) is 98.4 cm³/mol. The molecule has 0 saturated carbocycles. The number of rotatable bonds is 7. The van der Waals surface area contributed by atoms with E-state index in [1.54, 1.807) is 11.8 Å². The molecule has 2 aromatic rings. The maximum atomic E-state index is 10.2. The summed E-state index contributed by atoms with van der Waals surface area (Å²) in [6.07, 6.45) is -0.370. The molecule has 1 aromatic carbocycles. The number of aliphatic hydroxyl groups is 1. The van der Waals surface area contributed by atoms with Gasteiger partial charge in [0, 0.05) is 31.1 Å². The maximum Gasteiger partial charge on any atom is 0.210 e. The Morgan fingerprint density at radius 2 is 2.04 bits per heavy atom. The van der Waals surface area contributed by atoms with Gasteiger partial charge in [0.25, 0.3) is 0 Å². The average Bonchev–Trinajstić information content (AvgIpc) is 3.04. The van der Waals surface area contributed by atoms with Crippen molar-refractivity contribution in [1.82, 2.24) is 15.1 Å². The summed E-state index contributed by atoms with van der Waals surface area (Å²) in [4.78, 5) is 2.24. The summed E-state index contributed by atoms with van der Waals surface area (Å²) in [5.41, 5.74) is 2.23. The predicted octanol–water partition coefficient (Wildman–Crippen LogP) is 2.38. The lowest BCUT2D eigenvalue weighted by Gasteiger charge is -2.28. The van der Waals surface area contributed by atoms with Crippen LogP contribution in [0.4, 0.5) is 10.8 Å². The largest absolute Gasteiger partial charge is 0.391 e. The third-order valence-corrected chi connectivity index (χ3v) is 5.80. The lowest BCUT2D eigenvalue weighted by Crippen LogP contribution is -2.41. The lowest BCUT2D eigenvalue weighted by molar-refractivity contribution is 0.0188. The number of thioether (sulfide) groups is 1. The summed E-state index contributed by atoms with van der Waals surface area (Å²) in [6.45, 7) is 6.04. The smallest absolute Gasteiger partial charge is 0.210 e. The Bertz CT molecular complexity index is 629. The summed E-state index contributed by atoms with van der Waals surface area (Å²) in [6, 6.07) is 8.16. The standard InChI is InChI=1S/C16H22N4O2S2/c1-12-2-4-13(5-3-12)17-15-18-19-16(24-15)23-11-14(21)10-20-6-8-22-9-7-20/h2-5,14,21H,6-11H2,1H3,(H,17,18)/t14-/m0/s1. The number of aliphatic hydroxyl groups excluding tert-OH is 1. The fourth-order valence-electron chi connectivity index (χ4n) is 2.38. The van der Waals surface area contributed by atoms with Crippen molar-refractivity contribution >= 4 is 33.9 Å². The van der Waals surface area contributed by atoms with Crippen molar-refractivity contribution in [3.8, 4) is 0 Å². The molecule has 1 fully saturated rings. The molecule has 1 saturated heterocycles. The van der Waals surface area contributed by atoms with E-state index in [1.165, 1.54) is 16.9 Å². The molecule has 0 spiro atoms. The quantitative estimate of drug-likeness (QED) is 0.729. The van der Waals surface area contributed by atoms with Gasteiger partial charge in [0.2, 0.25) is 5.13 Å². The molecule has 0 amide bonds. The van der Waals surface area contributed by atoms with Crippen molar-refractivity contribution in [3.63, 3.8) is 0 Å². The molecule has 1 atom stereocenters. The summed E-state index contributed by atoms with van der Waals surface area (Å²) >= 11 is 3.05. The zero-order valence-electron chi connectivity index (χ0n) is 13.6. The van der Waals surface area contributed by atoms with E-state index in [9.17, 15) is 5.11 Å². The van der Waals surface area contributed by atoms with Crippen LogP contribution >= 0.6 is 23.1 Å². The van der Waals surface area contributed by atoms with Crippen LogP contribution < -0.4 is 5.32 Å². The Labute approximate surface area is 150 Å². The van der Waals surface area contributed by atoms with Gasteiger partial charge in [-0.1, -0.05) is 40.8 Å². The van der Waals surface area contributed by atoms with Crippen LogP contribution in [0.5, 0.6) is 0 Å². The number of anilines is 2. The van der Waals surface area contributed by atoms with Crippen LogP contribution in [-0.4, -0.2) is 64.9 Å². The Balaban J connectivity index is 1.44. The second-order valence-electron chi connectivity index (χ2n) is 5.74. The number of benzene rings is 1. The Morgan fingerprint density at radius 3 is 2.79 bits per heavy atom. The van der Waals surface area contributed by atoms with Crippen LogP contribution in [0, 0.1) is 6.92 Å². The molecule has 1 aliphatic heterocycles. The first-order chi connectivity index (χ1) is 11.7. The van der Waals surface area contributed by atoms with Crippen LogP contribution in [-0.2, 0) is 4.74 Å². The van der Waals surface area contributed by atoms with E-state index in [0.29, 0.717) is 12.3 Å². The van der Waals surface area contributed by atoms with Crippen LogP contribution in [0.25, 0.3) is 0 Å². The van der Waals surface area contributed by atoms with Gasteiger partial charge in [0.05, 0.1) is 19.3 Å². The summed E-state index contributed by atoms with van der Waals surface area (Å²) in [5, 5.41) is 22.5. The topological polar surface area (TPSA) is 70.5 Å². The minimum Gasteiger partial charge on any atom is -0.391 e. The minimum absolute atomic E-state index is 0.370. The number of β-amino-alcohol motifs (C(OH)–C–C–N with tert-alkyl or cyclic N) is 1. The number of nitrogens with one attached hydrogen (secondary N) is 1. The second-order valence-corrected chi connectivity index (χ2v) is 7.99. The van der Waals surface area contributed by atoms with Crippen LogP contribution in [0.3, 0.4) is 0 Å². The number of ether oxygens (including phenoxy) is 1. The van der Waals surface area contributed by atoms with E-state index in [2.05, 4.69) is 39.5 Å². The highest BCUT2D eigenvalue weighted by molar-refractivity contribution is 8.01. The van der Waals surface area contributed by atoms with Crippen LogP contribution in [0.15, 0.2) is 28.6 Å². The zero-order chi connectivity index (χ0) is 16.8. The van der Waals surface area contributed by atoms with E-state index in [4.69, 9.17) is 4.74 Å². The van der Waals surface area contributed by atoms with Crippen LogP contribution in [0.1, 0.15) is 5.56 Å². The molecule has 1 aliphatic rings. The minimum atomic E-state index is -0.370. The third kappa shape index (κ3) is 5.42. The van der Waals surface area contributed by atoms with E-state index < -0.39 is 0 Å². The van der Waals surface area contributed by atoms with Gasteiger partial charge in [-0.25, -0.2) is 0 Å². The highest BCUT2D eigenvalue weighted by Crippen LogP contribution is 2.28. The van der Waals surface area contributed by atoms with Crippen molar-refractivity contribution in [2.45, 2.75) is 17.4 Å². The first-order valence-electron chi connectivity index (χ1n) is 7.97. The van der Waals surface area contributed by atoms with Crippen molar-refractivity contribution < 1.29 is 9.84 Å². The molecular weight excluding hydrogens is 344 g/mol. The third-order valence-electron chi connectivity index (χ3n) is 3.68.